The van der Waals surface area contributed by atoms with Crippen LogP contribution >= 0.6 is 0 Å². The third kappa shape index (κ3) is 4.33. The molecule has 1 aliphatic carbocycles. The van der Waals surface area contributed by atoms with Gasteiger partial charge in [-0.3, -0.25) is 4.79 Å². The number of aryl methyl sites for hydroxylation is 1. The first-order valence-electron chi connectivity index (χ1n) is 12.2. The maximum Gasteiger partial charge on any atom is 0.416 e. The molecular weight excluding hydrogens is 427 g/mol. The third-order valence-corrected chi connectivity index (χ3v) is 7.82. The molecule has 2 aliphatic rings. The number of carbonyl (C=O) groups is 1. The minimum absolute atomic E-state index is 0.0604. The van der Waals surface area contributed by atoms with Crippen molar-refractivity contribution in [2.75, 3.05) is 0 Å². The van der Waals surface area contributed by atoms with E-state index in [4.69, 9.17) is 0 Å². The van der Waals surface area contributed by atoms with Gasteiger partial charge in [0, 0.05) is 23.2 Å². The summed E-state index contributed by atoms with van der Waals surface area (Å²) in [7, 11) is 0. The largest absolute Gasteiger partial charge is 0.481 e. The van der Waals surface area contributed by atoms with Gasteiger partial charge < -0.3 is 9.67 Å². The third-order valence-electron chi connectivity index (χ3n) is 7.82. The van der Waals surface area contributed by atoms with E-state index in [9.17, 15) is 23.1 Å². The van der Waals surface area contributed by atoms with Gasteiger partial charge in [0.1, 0.15) is 0 Å². The Balaban J connectivity index is 1.90. The number of aliphatic carboxylic acids is 1. The van der Waals surface area contributed by atoms with Crippen LogP contribution in [0.3, 0.4) is 0 Å². The normalized spacial score (nSPS) is 24.4. The molecule has 0 fully saturated rings. The molecule has 0 spiro atoms. The van der Waals surface area contributed by atoms with Crippen LogP contribution in [0.4, 0.5) is 13.2 Å². The second-order valence-corrected chi connectivity index (χ2v) is 10.3. The molecule has 0 bridgehead atoms. The molecule has 6 heteroatoms. The van der Waals surface area contributed by atoms with Crippen molar-refractivity contribution in [3.8, 4) is 0 Å². The van der Waals surface area contributed by atoms with Crippen molar-refractivity contribution < 1.29 is 23.1 Å². The van der Waals surface area contributed by atoms with Crippen LogP contribution in [0.2, 0.25) is 0 Å². The number of hydrogen-bond acceptors (Lipinski definition) is 1. The molecule has 0 amide bonds. The fraction of sp³-hybridized carbons (Fsp3) is 0.593. The Labute approximate surface area is 194 Å². The number of aromatic nitrogens is 1. The Kier molecular flexibility index (Phi) is 6.41. The maximum absolute atomic E-state index is 13.5. The Hall–Kier alpha value is -2.24. The molecule has 2 heterocycles. The fourth-order valence-electron chi connectivity index (χ4n) is 6.12. The summed E-state index contributed by atoms with van der Waals surface area (Å²) >= 11 is 0. The summed E-state index contributed by atoms with van der Waals surface area (Å²) < 4.78 is 42.9. The Morgan fingerprint density at radius 1 is 1.21 bits per heavy atom. The number of hydrogen-bond donors (Lipinski definition) is 1. The molecule has 1 aromatic carbocycles. The molecule has 4 atom stereocenters. The minimum atomic E-state index is -4.37. The number of rotatable bonds is 6. The molecule has 1 aliphatic heterocycles. The summed E-state index contributed by atoms with van der Waals surface area (Å²) in [4.78, 5) is 11.8. The standard InChI is InChI=1S/C27H34F3NO2/c1-5-17-7-8-18-12-24-16(4)21-13-19(27(28,29)30)9-10-20(21)23(11-6-15(2)3)31(24)26(18)22(17)14-25(32)33/h9-10,12-13,15-17,22-23H,5-8,11,14H2,1-4H3,(H,32,33)/t16?,17?,22?,23-/m0/s1. The summed E-state index contributed by atoms with van der Waals surface area (Å²) in [6.07, 6.45) is 0.288. The number of carboxylic acids is 1. The van der Waals surface area contributed by atoms with Crippen molar-refractivity contribution >= 4 is 5.97 Å². The van der Waals surface area contributed by atoms with Crippen LogP contribution in [-0.2, 0) is 17.4 Å². The highest BCUT2D eigenvalue weighted by Gasteiger charge is 2.41. The molecule has 0 saturated carbocycles. The van der Waals surface area contributed by atoms with E-state index in [2.05, 4.69) is 31.4 Å². The van der Waals surface area contributed by atoms with Crippen LogP contribution in [0.25, 0.3) is 0 Å². The molecular formula is C27H34F3NO2. The second-order valence-electron chi connectivity index (χ2n) is 10.3. The van der Waals surface area contributed by atoms with Crippen LogP contribution in [0.15, 0.2) is 24.3 Å². The molecule has 3 unspecified atom stereocenters. The van der Waals surface area contributed by atoms with Crippen LogP contribution < -0.4 is 0 Å². The highest BCUT2D eigenvalue weighted by atomic mass is 19.4. The number of fused-ring (bicyclic) bond motifs is 4. The van der Waals surface area contributed by atoms with E-state index in [1.165, 1.54) is 17.7 Å². The summed E-state index contributed by atoms with van der Waals surface area (Å²) in [6, 6.07) is 6.31. The predicted molar refractivity (Wildman–Crippen MR) is 123 cm³/mol. The van der Waals surface area contributed by atoms with Gasteiger partial charge >= 0.3 is 12.1 Å². The smallest absolute Gasteiger partial charge is 0.416 e. The van der Waals surface area contributed by atoms with Crippen LogP contribution in [0, 0.1) is 11.8 Å². The van der Waals surface area contributed by atoms with E-state index in [0.717, 1.165) is 54.6 Å². The molecule has 180 valence electrons. The molecule has 33 heavy (non-hydrogen) atoms. The predicted octanol–water partition coefficient (Wildman–Crippen LogP) is 7.53. The van der Waals surface area contributed by atoms with E-state index in [0.29, 0.717) is 11.8 Å². The topological polar surface area (TPSA) is 42.2 Å². The molecule has 2 aromatic rings. The Bertz CT molecular complexity index is 1040. The number of halogens is 3. The van der Waals surface area contributed by atoms with Crippen LogP contribution in [-0.4, -0.2) is 15.6 Å². The number of benzene rings is 1. The molecule has 0 radical (unpaired) electrons. The van der Waals surface area contributed by atoms with Gasteiger partial charge in [0.15, 0.2) is 0 Å². The fourth-order valence-corrected chi connectivity index (χ4v) is 6.12. The first-order valence-corrected chi connectivity index (χ1v) is 12.2. The molecule has 3 nitrogen and oxygen atoms in total. The molecule has 0 saturated heterocycles. The van der Waals surface area contributed by atoms with Crippen molar-refractivity contribution in [1.29, 1.82) is 0 Å². The van der Waals surface area contributed by atoms with Crippen molar-refractivity contribution in [2.24, 2.45) is 11.8 Å². The Morgan fingerprint density at radius 2 is 1.94 bits per heavy atom. The number of carboxylic acid groups (broad SMARTS) is 1. The first-order chi connectivity index (χ1) is 15.5. The lowest BCUT2D eigenvalue weighted by Gasteiger charge is -2.39. The van der Waals surface area contributed by atoms with E-state index in [1.807, 2.05) is 6.92 Å². The quantitative estimate of drug-likeness (QED) is 0.483. The van der Waals surface area contributed by atoms with Crippen LogP contribution in [0.1, 0.15) is 111 Å². The average molecular weight is 462 g/mol. The van der Waals surface area contributed by atoms with Gasteiger partial charge in [0.05, 0.1) is 18.0 Å². The number of nitrogens with zero attached hydrogens (tertiary/aromatic N) is 1. The van der Waals surface area contributed by atoms with Gasteiger partial charge in [-0.1, -0.05) is 40.2 Å². The lowest BCUT2D eigenvalue weighted by molar-refractivity contribution is -0.138. The van der Waals surface area contributed by atoms with Gasteiger partial charge in [-0.15, -0.1) is 0 Å². The minimum Gasteiger partial charge on any atom is -0.481 e. The van der Waals surface area contributed by atoms with Crippen molar-refractivity contribution in [2.45, 2.75) is 90.3 Å². The molecule has 1 N–H and O–H groups in total. The van der Waals surface area contributed by atoms with Gasteiger partial charge in [-0.2, -0.15) is 13.2 Å². The summed E-state index contributed by atoms with van der Waals surface area (Å²) in [5.74, 6) is -0.249. The Morgan fingerprint density at radius 3 is 2.55 bits per heavy atom. The summed E-state index contributed by atoms with van der Waals surface area (Å²) in [5, 5.41) is 9.69. The lowest BCUT2D eigenvalue weighted by Crippen LogP contribution is -2.30. The molecule has 1 aromatic heterocycles. The van der Waals surface area contributed by atoms with E-state index >= 15 is 0 Å². The zero-order chi connectivity index (χ0) is 24.1. The SMILES string of the molecule is CCC1CCc2cc3n(c2C1CC(=O)O)[C@@H](CCC(C)C)c1ccc(C(F)(F)F)cc1C3C. The second kappa shape index (κ2) is 8.84. The lowest BCUT2D eigenvalue weighted by atomic mass is 9.75. The molecule has 4 rings (SSSR count). The van der Waals surface area contributed by atoms with Crippen molar-refractivity contribution in [3.05, 3.63) is 57.9 Å². The van der Waals surface area contributed by atoms with Gasteiger partial charge in [-0.05, 0) is 72.4 Å². The number of alkyl halides is 3. The monoisotopic (exact) mass is 461 g/mol. The highest BCUT2D eigenvalue weighted by molar-refractivity contribution is 5.68. The summed E-state index contributed by atoms with van der Waals surface area (Å²) in [5.41, 5.74) is 4.45. The highest BCUT2D eigenvalue weighted by Crippen LogP contribution is 2.50. The van der Waals surface area contributed by atoms with E-state index in [-0.39, 0.29) is 24.3 Å². The summed E-state index contributed by atoms with van der Waals surface area (Å²) in [6.45, 7) is 8.42. The van der Waals surface area contributed by atoms with Gasteiger partial charge in [0.25, 0.3) is 0 Å². The van der Waals surface area contributed by atoms with Crippen molar-refractivity contribution in [1.82, 2.24) is 4.57 Å². The van der Waals surface area contributed by atoms with E-state index < -0.39 is 17.7 Å². The van der Waals surface area contributed by atoms with Crippen LogP contribution in [0.5, 0.6) is 0 Å². The van der Waals surface area contributed by atoms with Gasteiger partial charge in [-0.25, -0.2) is 0 Å². The zero-order valence-electron chi connectivity index (χ0n) is 19.9. The zero-order valence-corrected chi connectivity index (χ0v) is 19.9. The maximum atomic E-state index is 13.5. The average Bonchev–Trinajstić information content (AvgIpc) is 3.12. The van der Waals surface area contributed by atoms with E-state index in [1.54, 1.807) is 6.07 Å². The first kappa shape index (κ1) is 23.9. The van der Waals surface area contributed by atoms with Crippen molar-refractivity contribution in [3.63, 3.8) is 0 Å². The van der Waals surface area contributed by atoms with Gasteiger partial charge in [0.2, 0.25) is 0 Å².